The number of aryl methyl sites for hydroxylation is 1. The average Bonchev–Trinajstić information content (AvgIpc) is 3.24. The lowest BCUT2D eigenvalue weighted by atomic mass is 9.99. The third-order valence-corrected chi connectivity index (χ3v) is 4.38. The molecule has 2 N–H and O–H groups in total. The second-order valence-electron chi connectivity index (χ2n) is 5.81. The van der Waals surface area contributed by atoms with Gasteiger partial charge in [-0.05, 0) is 19.1 Å². The summed E-state index contributed by atoms with van der Waals surface area (Å²) in [6.07, 6.45) is 3.32. The standard InChI is InChI=1S/C17H18N4O2S/c1-17(23,14-7-20-21(2)8-14)10-18-16(22)13-5-3-12(4-6-13)15-9-24-11-19-15/h3-9,11,23H,10H2,1-2H3,(H,18,22). The first-order valence-corrected chi connectivity index (χ1v) is 8.38. The van der Waals surface area contributed by atoms with Crippen molar-refractivity contribution in [3.8, 4) is 11.3 Å². The molecule has 0 saturated heterocycles. The number of carbonyl (C=O) groups is 1. The number of benzene rings is 1. The number of carbonyl (C=O) groups excluding carboxylic acids is 1. The number of aliphatic hydroxyl groups is 1. The van der Waals surface area contributed by atoms with Gasteiger partial charge in [0, 0.05) is 35.3 Å². The number of amides is 1. The Morgan fingerprint density at radius 1 is 1.38 bits per heavy atom. The zero-order chi connectivity index (χ0) is 17.2. The first kappa shape index (κ1) is 16.4. The molecule has 0 saturated carbocycles. The van der Waals surface area contributed by atoms with E-state index in [4.69, 9.17) is 0 Å². The van der Waals surface area contributed by atoms with Crippen LogP contribution in [0.15, 0.2) is 47.5 Å². The number of rotatable bonds is 5. The molecule has 0 aliphatic carbocycles. The van der Waals surface area contributed by atoms with Crippen LogP contribution in [0.1, 0.15) is 22.8 Å². The van der Waals surface area contributed by atoms with Crippen LogP contribution < -0.4 is 5.32 Å². The minimum atomic E-state index is -1.18. The van der Waals surface area contributed by atoms with E-state index in [0.717, 1.165) is 11.3 Å². The van der Waals surface area contributed by atoms with Gasteiger partial charge in [0.25, 0.3) is 5.91 Å². The predicted molar refractivity (Wildman–Crippen MR) is 92.7 cm³/mol. The predicted octanol–water partition coefficient (Wildman–Crippen LogP) is 2.18. The molecule has 7 heteroatoms. The van der Waals surface area contributed by atoms with E-state index in [-0.39, 0.29) is 12.5 Å². The fraction of sp³-hybridized carbons (Fsp3) is 0.235. The first-order chi connectivity index (χ1) is 11.5. The summed E-state index contributed by atoms with van der Waals surface area (Å²) < 4.78 is 1.61. The van der Waals surface area contributed by atoms with E-state index in [1.54, 1.807) is 48.7 Å². The molecule has 0 aliphatic rings. The van der Waals surface area contributed by atoms with Gasteiger partial charge >= 0.3 is 0 Å². The SMILES string of the molecule is Cn1cc(C(C)(O)CNC(=O)c2ccc(-c3cscn3)cc2)cn1. The summed E-state index contributed by atoms with van der Waals surface area (Å²) in [5.41, 5.74) is 3.66. The van der Waals surface area contributed by atoms with Crippen LogP contribution >= 0.6 is 11.3 Å². The highest BCUT2D eigenvalue weighted by atomic mass is 32.1. The maximum Gasteiger partial charge on any atom is 0.251 e. The highest BCUT2D eigenvalue weighted by Crippen LogP contribution is 2.20. The summed E-state index contributed by atoms with van der Waals surface area (Å²) in [7, 11) is 1.78. The van der Waals surface area contributed by atoms with E-state index in [2.05, 4.69) is 15.4 Å². The molecule has 0 aliphatic heterocycles. The Morgan fingerprint density at radius 2 is 2.12 bits per heavy atom. The lowest BCUT2D eigenvalue weighted by molar-refractivity contribution is 0.0526. The van der Waals surface area contributed by atoms with Gasteiger partial charge in [-0.3, -0.25) is 9.48 Å². The summed E-state index contributed by atoms with van der Waals surface area (Å²) >= 11 is 1.53. The molecule has 124 valence electrons. The normalized spacial score (nSPS) is 13.5. The van der Waals surface area contributed by atoms with Gasteiger partial charge in [0.15, 0.2) is 0 Å². The van der Waals surface area contributed by atoms with E-state index in [0.29, 0.717) is 11.1 Å². The van der Waals surface area contributed by atoms with E-state index >= 15 is 0 Å². The van der Waals surface area contributed by atoms with Crippen LogP contribution in [0.2, 0.25) is 0 Å². The molecule has 0 spiro atoms. The Morgan fingerprint density at radius 3 is 2.71 bits per heavy atom. The Labute approximate surface area is 143 Å². The highest BCUT2D eigenvalue weighted by Gasteiger charge is 2.25. The van der Waals surface area contributed by atoms with Crippen molar-refractivity contribution >= 4 is 17.2 Å². The number of nitrogens with one attached hydrogen (secondary N) is 1. The summed E-state index contributed by atoms with van der Waals surface area (Å²) in [6, 6.07) is 7.23. The van der Waals surface area contributed by atoms with Crippen molar-refractivity contribution in [1.82, 2.24) is 20.1 Å². The molecular weight excluding hydrogens is 324 g/mol. The van der Waals surface area contributed by atoms with Crippen LogP contribution in [-0.2, 0) is 12.6 Å². The monoisotopic (exact) mass is 342 g/mol. The minimum Gasteiger partial charge on any atom is -0.383 e. The van der Waals surface area contributed by atoms with E-state index in [1.165, 1.54) is 11.3 Å². The van der Waals surface area contributed by atoms with Crippen molar-refractivity contribution in [2.75, 3.05) is 6.54 Å². The van der Waals surface area contributed by atoms with Gasteiger partial charge < -0.3 is 10.4 Å². The van der Waals surface area contributed by atoms with Gasteiger partial charge in [0.1, 0.15) is 5.60 Å². The fourth-order valence-electron chi connectivity index (χ4n) is 2.30. The molecule has 1 unspecified atom stereocenters. The highest BCUT2D eigenvalue weighted by molar-refractivity contribution is 7.07. The Kier molecular flexibility index (Phi) is 4.46. The van der Waals surface area contributed by atoms with E-state index in [9.17, 15) is 9.90 Å². The Bertz CT molecular complexity index is 823. The molecule has 6 nitrogen and oxygen atoms in total. The Balaban J connectivity index is 1.64. The van der Waals surface area contributed by atoms with Gasteiger partial charge in [-0.25, -0.2) is 4.98 Å². The van der Waals surface area contributed by atoms with Crippen LogP contribution in [0, 0.1) is 0 Å². The third kappa shape index (κ3) is 3.52. The number of thiazole rings is 1. The number of aromatic nitrogens is 3. The summed E-state index contributed by atoms with van der Waals surface area (Å²) in [5, 5.41) is 19.3. The zero-order valence-corrected chi connectivity index (χ0v) is 14.2. The van der Waals surface area contributed by atoms with Crippen molar-refractivity contribution in [2.24, 2.45) is 7.05 Å². The number of hydrogen-bond acceptors (Lipinski definition) is 5. The molecule has 1 amide bonds. The van der Waals surface area contributed by atoms with Crippen LogP contribution in [0.5, 0.6) is 0 Å². The van der Waals surface area contributed by atoms with Gasteiger partial charge in [0.2, 0.25) is 0 Å². The molecule has 3 aromatic rings. The lowest BCUT2D eigenvalue weighted by Gasteiger charge is -2.22. The van der Waals surface area contributed by atoms with Crippen LogP contribution in [-0.4, -0.2) is 32.3 Å². The van der Waals surface area contributed by atoms with Gasteiger partial charge in [-0.1, -0.05) is 12.1 Å². The van der Waals surface area contributed by atoms with Crippen molar-refractivity contribution < 1.29 is 9.90 Å². The molecule has 24 heavy (non-hydrogen) atoms. The van der Waals surface area contributed by atoms with E-state index in [1.807, 2.05) is 17.5 Å². The molecule has 0 radical (unpaired) electrons. The molecule has 3 rings (SSSR count). The quantitative estimate of drug-likeness (QED) is 0.745. The zero-order valence-electron chi connectivity index (χ0n) is 13.4. The fourth-order valence-corrected chi connectivity index (χ4v) is 2.86. The van der Waals surface area contributed by atoms with Crippen molar-refractivity contribution in [1.29, 1.82) is 0 Å². The van der Waals surface area contributed by atoms with Crippen molar-refractivity contribution in [2.45, 2.75) is 12.5 Å². The van der Waals surface area contributed by atoms with E-state index < -0.39 is 5.60 Å². The van der Waals surface area contributed by atoms with Crippen molar-refractivity contribution in [3.63, 3.8) is 0 Å². The number of hydrogen-bond donors (Lipinski definition) is 2. The van der Waals surface area contributed by atoms with Crippen LogP contribution in [0.25, 0.3) is 11.3 Å². The van der Waals surface area contributed by atoms with Gasteiger partial charge in [-0.2, -0.15) is 5.10 Å². The average molecular weight is 342 g/mol. The largest absolute Gasteiger partial charge is 0.383 e. The maximum atomic E-state index is 12.3. The number of nitrogens with zero attached hydrogens (tertiary/aromatic N) is 3. The van der Waals surface area contributed by atoms with Crippen LogP contribution in [0.4, 0.5) is 0 Å². The third-order valence-electron chi connectivity index (χ3n) is 3.80. The Hall–Kier alpha value is -2.51. The molecule has 1 aromatic carbocycles. The van der Waals surface area contributed by atoms with Gasteiger partial charge in [0.05, 0.1) is 23.9 Å². The molecule has 0 bridgehead atoms. The lowest BCUT2D eigenvalue weighted by Crippen LogP contribution is -2.38. The molecule has 1 atom stereocenters. The first-order valence-electron chi connectivity index (χ1n) is 7.44. The minimum absolute atomic E-state index is 0.103. The summed E-state index contributed by atoms with van der Waals surface area (Å²) in [4.78, 5) is 16.5. The molecular formula is C17H18N4O2S. The second-order valence-corrected chi connectivity index (χ2v) is 6.53. The summed E-state index contributed by atoms with van der Waals surface area (Å²) in [6.45, 7) is 1.75. The van der Waals surface area contributed by atoms with Gasteiger partial charge in [-0.15, -0.1) is 11.3 Å². The molecule has 0 fully saturated rings. The summed E-state index contributed by atoms with van der Waals surface area (Å²) in [5.74, 6) is -0.232. The van der Waals surface area contributed by atoms with Crippen LogP contribution in [0.3, 0.4) is 0 Å². The molecule has 2 aromatic heterocycles. The maximum absolute atomic E-state index is 12.3. The molecule has 2 heterocycles. The second kappa shape index (κ2) is 6.54. The smallest absolute Gasteiger partial charge is 0.251 e. The topological polar surface area (TPSA) is 80.0 Å². The van der Waals surface area contributed by atoms with Crippen molar-refractivity contribution in [3.05, 3.63) is 58.7 Å².